The number of fused-ring (bicyclic) bond motifs is 5. The zero-order chi connectivity index (χ0) is 20.8. The lowest BCUT2D eigenvalue weighted by Gasteiger charge is -2.27. The third-order valence-electron chi connectivity index (χ3n) is 5.21. The number of hydrogen-bond acceptors (Lipinski definition) is 6. The van der Waals surface area contributed by atoms with Crippen molar-refractivity contribution in [3.63, 3.8) is 0 Å². The smallest absolute Gasteiger partial charge is 0.319 e. The zero-order valence-electron chi connectivity index (χ0n) is 16.0. The predicted molar refractivity (Wildman–Crippen MR) is 104 cm³/mol. The van der Waals surface area contributed by atoms with E-state index in [1.807, 2.05) is 0 Å². The minimum Gasteiger partial charge on any atom is -0.473 e. The summed E-state index contributed by atoms with van der Waals surface area (Å²) in [5.74, 6) is 0.155. The lowest BCUT2D eigenvalue weighted by molar-refractivity contribution is 0.202. The van der Waals surface area contributed by atoms with Gasteiger partial charge >= 0.3 is 6.03 Å². The van der Waals surface area contributed by atoms with Gasteiger partial charge in [-0.2, -0.15) is 5.10 Å². The fourth-order valence-corrected chi connectivity index (χ4v) is 3.85. The molecule has 1 saturated heterocycles. The Balaban J connectivity index is 1.67. The van der Waals surface area contributed by atoms with Crippen molar-refractivity contribution < 1.29 is 18.3 Å². The molecule has 9 nitrogen and oxygen atoms in total. The van der Waals surface area contributed by atoms with Gasteiger partial charge in [0.1, 0.15) is 29.6 Å². The molecule has 3 aromatic heterocycles. The minimum absolute atomic E-state index is 0.0940. The number of aromatic nitrogens is 4. The number of alkyl halides is 1. The Morgan fingerprint density at radius 1 is 1.33 bits per heavy atom. The van der Waals surface area contributed by atoms with Gasteiger partial charge in [0.15, 0.2) is 5.65 Å². The monoisotopic (exact) mass is 415 g/mol. The third-order valence-corrected chi connectivity index (χ3v) is 5.21. The van der Waals surface area contributed by atoms with Crippen molar-refractivity contribution in [2.75, 3.05) is 23.3 Å². The van der Waals surface area contributed by atoms with Crippen LogP contribution in [0.2, 0.25) is 0 Å². The van der Waals surface area contributed by atoms with Crippen LogP contribution in [0.25, 0.3) is 5.65 Å². The predicted octanol–water partition coefficient (Wildman–Crippen LogP) is 2.46. The molecule has 3 aromatic rings. The Labute approximate surface area is 170 Å². The number of anilines is 2. The van der Waals surface area contributed by atoms with E-state index in [1.54, 1.807) is 24.1 Å². The maximum absolute atomic E-state index is 14.5. The summed E-state index contributed by atoms with van der Waals surface area (Å²) in [4.78, 5) is 22.7. The van der Waals surface area contributed by atoms with Crippen molar-refractivity contribution in [1.29, 1.82) is 0 Å². The molecule has 5 heterocycles. The van der Waals surface area contributed by atoms with Gasteiger partial charge in [-0.25, -0.2) is 28.1 Å². The average Bonchev–Trinajstić information content (AvgIpc) is 3.30. The minimum atomic E-state index is -1.12. The lowest BCUT2D eigenvalue weighted by Crippen LogP contribution is -2.37. The first kappa shape index (κ1) is 18.5. The van der Waals surface area contributed by atoms with Crippen LogP contribution in [0.4, 0.5) is 25.1 Å². The number of nitrogens with zero attached hydrogens (tertiary/aromatic N) is 5. The maximum Gasteiger partial charge on any atom is 0.319 e. The van der Waals surface area contributed by atoms with Gasteiger partial charge in [0.25, 0.3) is 0 Å². The fraction of sp³-hybridized carbons (Fsp3) is 0.368. The van der Waals surface area contributed by atoms with E-state index in [1.165, 1.54) is 16.8 Å². The summed E-state index contributed by atoms with van der Waals surface area (Å²) in [6, 6.07) is 2.08. The van der Waals surface area contributed by atoms with Gasteiger partial charge < -0.3 is 20.3 Å². The molecule has 5 rings (SSSR count). The van der Waals surface area contributed by atoms with Gasteiger partial charge in [0.05, 0.1) is 31.5 Å². The van der Waals surface area contributed by atoms with Crippen LogP contribution >= 0.6 is 0 Å². The summed E-state index contributed by atoms with van der Waals surface area (Å²) in [7, 11) is 0. The van der Waals surface area contributed by atoms with Gasteiger partial charge in [-0.05, 0) is 19.1 Å². The van der Waals surface area contributed by atoms with Crippen molar-refractivity contribution in [2.45, 2.75) is 31.7 Å². The van der Waals surface area contributed by atoms with E-state index >= 15 is 0 Å². The molecule has 2 bridgehead atoms. The molecule has 11 heteroatoms. The number of halogens is 2. The molecule has 2 amide bonds. The molecule has 3 unspecified atom stereocenters. The highest BCUT2D eigenvalue weighted by Crippen LogP contribution is 2.40. The van der Waals surface area contributed by atoms with Gasteiger partial charge in [-0.15, -0.1) is 0 Å². The first-order chi connectivity index (χ1) is 14.5. The molecule has 0 radical (unpaired) electrons. The summed E-state index contributed by atoms with van der Waals surface area (Å²) >= 11 is 0. The van der Waals surface area contributed by atoms with E-state index in [0.29, 0.717) is 22.7 Å². The van der Waals surface area contributed by atoms with E-state index in [-0.39, 0.29) is 25.4 Å². The number of hydrogen-bond donors (Lipinski definition) is 2. The van der Waals surface area contributed by atoms with E-state index < -0.39 is 30.2 Å². The highest BCUT2D eigenvalue weighted by atomic mass is 19.1. The number of nitrogens with one attached hydrogen (secondary N) is 2. The number of amides is 2. The second kappa shape index (κ2) is 7.08. The van der Waals surface area contributed by atoms with Crippen molar-refractivity contribution in [3.05, 3.63) is 42.1 Å². The molecule has 0 aromatic carbocycles. The van der Waals surface area contributed by atoms with Gasteiger partial charge in [0.2, 0.25) is 5.88 Å². The summed E-state index contributed by atoms with van der Waals surface area (Å²) in [5, 5.41) is 9.61. The van der Waals surface area contributed by atoms with Crippen molar-refractivity contribution in [2.24, 2.45) is 0 Å². The number of urea groups is 1. The number of carbonyl (C=O) groups excluding carboxylic acids is 1. The van der Waals surface area contributed by atoms with Crippen LogP contribution in [0.15, 0.2) is 30.7 Å². The molecule has 0 spiro atoms. The van der Waals surface area contributed by atoms with E-state index in [0.717, 1.165) is 6.20 Å². The van der Waals surface area contributed by atoms with Crippen molar-refractivity contribution in [1.82, 2.24) is 24.9 Å². The summed E-state index contributed by atoms with van der Waals surface area (Å²) in [6.45, 7) is 2.03. The van der Waals surface area contributed by atoms with Crippen molar-refractivity contribution >= 4 is 23.2 Å². The second-order valence-electron chi connectivity index (χ2n) is 7.42. The first-order valence-electron chi connectivity index (χ1n) is 9.60. The summed E-state index contributed by atoms with van der Waals surface area (Å²) < 4.78 is 36.0. The van der Waals surface area contributed by atoms with E-state index in [4.69, 9.17) is 4.74 Å². The van der Waals surface area contributed by atoms with Crippen molar-refractivity contribution in [3.8, 4) is 5.88 Å². The van der Waals surface area contributed by atoms with Crippen LogP contribution < -0.4 is 20.3 Å². The van der Waals surface area contributed by atoms with E-state index in [2.05, 4.69) is 25.7 Å². The first-order valence-corrected chi connectivity index (χ1v) is 9.60. The molecule has 1 fully saturated rings. The topological polar surface area (TPSA) is 96.7 Å². The second-order valence-corrected chi connectivity index (χ2v) is 7.42. The zero-order valence-corrected chi connectivity index (χ0v) is 16.0. The maximum atomic E-state index is 14.5. The Morgan fingerprint density at radius 3 is 3.07 bits per heavy atom. The third kappa shape index (κ3) is 3.25. The molecule has 3 atom stereocenters. The number of pyridine rings is 1. The molecule has 2 N–H and O–H groups in total. The molecule has 0 saturated carbocycles. The Kier molecular flexibility index (Phi) is 4.37. The summed E-state index contributed by atoms with van der Waals surface area (Å²) in [6.07, 6.45) is 2.81. The van der Waals surface area contributed by atoms with Crippen LogP contribution in [-0.4, -0.2) is 51.0 Å². The van der Waals surface area contributed by atoms with Gasteiger partial charge in [0, 0.05) is 18.2 Å². The number of carbonyl (C=O) groups is 1. The molecular weight excluding hydrogens is 396 g/mol. The lowest BCUT2D eigenvalue weighted by atomic mass is 10.1. The fourth-order valence-electron chi connectivity index (χ4n) is 3.85. The Morgan fingerprint density at radius 2 is 2.20 bits per heavy atom. The molecule has 156 valence electrons. The van der Waals surface area contributed by atoms with Crippen LogP contribution in [0.1, 0.15) is 24.9 Å². The van der Waals surface area contributed by atoms with Gasteiger partial charge in [-0.1, -0.05) is 0 Å². The molecule has 2 aliphatic rings. The molecule has 2 aliphatic heterocycles. The highest BCUT2D eigenvalue weighted by molar-refractivity contribution is 5.93. The SMILES string of the molecule is CC1CNC(=O)Nc2cnn3ccc(nc23)N2CC(F)CC2c2cc(F)cnc2O1. The van der Waals surface area contributed by atoms with Gasteiger partial charge in [-0.3, -0.25) is 0 Å². The normalized spacial score (nSPS) is 23.9. The Hall–Kier alpha value is -3.50. The largest absolute Gasteiger partial charge is 0.473 e. The standard InChI is InChI=1S/C19H19F2N7O2/c1-10-6-23-19(29)25-14-8-24-28-3-2-16(26-17(14)28)27-9-12(21)5-15(27)13-4-11(20)7-22-18(13)30-10/h2-4,7-8,10,12,15H,5-6,9H2,1H3,(H2,23,25,29). The van der Waals surface area contributed by atoms with Crippen LogP contribution in [0.5, 0.6) is 5.88 Å². The van der Waals surface area contributed by atoms with Crippen LogP contribution in [-0.2, 0) is 0 Å². The van der Waals surface area contributed by atoms with E-state index in [9.17, 15) is 13.6 Å². The quantitative estimate of drug-likeness (QED) is 0.586. The Bertz CT molecular complexity index is 1120. The summed E-state index contributed by atoms with van der Waals surface area (Å²) in [5.41, 5.74) is 1.28. The molecular formula is C19H19F2N7O2. The van der Waals surface area contributed by atoms with Crippen LogP contribution in [0.3, 0.4) is 0 Å². The number of ether oxygens (including phenoxy) is 1. The average molecular weight is 415 g/mol. The highest BCUT2D eigenvalue weighted by Gasteiger charge is 2.37. The van der Waals surface area contributed by atoms with Crippen LogP contribution in [0, 0.1) is 5.82 Å². The molecule has 0 aliphatic carbocycles. The molecule has 30 heavy (non-hydrogen) atoms. The number of rotatable bonds is 0.